The van der Waals surface area contributed by atoms with E-state index in [2.05, 4.69) is 26.1 Å². The molecule has 1 aromatic carbocycles. The normalized spacial score (nSPS) is 20.4. The van der Waals surface area contributed by atoms with Gasteiger partial charge in [0.2, 0.25) is 5.91 Å². The first-order valence-corrected chi connectivity index (χ1v) is 11.4. The second kappa shape index (κ2) is 9.25. The van der Waals surface area contributed by atoms with Gasteiger partial charge in [0, 0.05) is 36.2 Å². The molecule has 6 nitrogen and oxygen atoms in total. The van der Waals surface area contributed by atoms with Crippen molar-refractivity contribution in [3.05, 3.63) is 36.0 Å². The summed E-state index contributed by atoms with van der Waals surface area (Å²) in [5, 5.41) is 3.68. The Morgan fingerprint density at radius 2 is 1.81 bits per heavy atom. The monoisotopic (exact) mass is 425 g/mol. The number of rotatable bonds is 7. The maximum atomic E-state index is 13.1. The van der Waals surface area contributed by atoms with E-state index in [1.54, 1.807) is 15.7 Å². The molecule has 1 aromatic heterocycles. The van der Waals surface area contributed by atoms with E-state index in [0.29, 0.717) is 30.0 Å². The van der Waals surface area contributed by atoms with Gasteiger partial charge in [-0.3, -0.25) is 14.4 Å². The Kier molecular flexibility index (Phi) is 6.87. The number of ketones is 1. The van der Waals surface area contributed by atoms with E-state index in [4.69, 9.17) is 0 Å². The van der Waals surface area contributed by atoms with Gasteiger partial charge in [-0.05, 0) is 50.5 Å². The highest BCUT2D eigenvalue weighted by Crippen LogP contribution is 2.38. The van der Waals surface area contributed by atoms with Crippen LogP contribution < -0.4 is 5.32 Å². The molecule has 0 saturated heterocycles. The Bertz CT molecular complexity index is 972. The first-order valence-electron chi connectivity index (χ1n) is 11.4. The number of Topliss-reactive ketones (excluding diaryl/α,β-unsaturated/α-hetero) is 1. The van der Waals surface area contributed by atoms with Crippen molar-refractivity contribution in [2.45, 2.75) is 66.5 Å². The van der Waals surface area contributed by atoms with E-state index < -0.39 is 11.7 Å². The number of hydrogen-bond donors (Lipinski definition) is 1. The number of hydrogen-bond acceptors (Lipinski definition) is 3. The predicted molar refractivity (Wildman–Crippen MR) is 123 cm³/mol. The van der Waals surface area contributed by atoms with Crippen LogP contribution in [0.3, 0.4) is 0 Å². The zero-order chi connectivity index (χ0) is 22.8. The molecule has 3 rings (SSSR count). The van der Waals surface area contributed by atoms with E-state index in [0.717, 1.165) is 24.8 Å². The second-order valence-corrected chi connectivity index (χ2v) is 9.67. The molecule has 1 aliphatic carbocycles. The number of para-hydroxylation sites is 1. The fraction of sp³-hybridized carbons (Fsp3) is 0.560. The Balaban J connectivity index is 1.82. The molecule has 0 radical (unpaired) electrons. The van der Waals surface area contributed by atoms with Crippen LogP contribution in [0.5, 0.6) is 0 Å². The Morgan fingerprint density at radius 1 is 1.13 bits per heavy atom. The summed E-state index contributed by atoms with van der Waals surface area (Å²) >= 11 is 0. The molecule has 0 bridgehead atoms. The smallest absolute Gasteiger partial charge is 0.292 e. The molecule has 2 amide bonds. The maximum Gasteiger partial charge on any atom is 0.292 e. The zero-order valence-electron chi connectivity index (χ0n) is 19.4. The third kappa shape index (κ3) is 5.17. The molecule has 2 aromatic rings. The Labute approximate surface area is 185 Å². The largest absolute Gasteiger partial charge is 0.346 e. The standard InChI is InChI=1S/C25H35N3O3/c1-6-27(7-2)22(29)16-28-15-20(19-10-8-9-11-21(19)28)23(30)24(31)26-18-12-17(3)13-25(4,5)14-18/h8-11,15,17-18H,6-7,12-14,16H2,1-5H3,(H,26,31). The third-order valence-corrected chi connectivity index (χ3v) is 6.38. The number of nitrogens with zero attached hydrogens (tertiary/aromatic N) is 2. The molecular weight excluding hydrogens is 390 g/mol. The molecule has 0 spiro atoms. The Morgan fingerprint density at radius 3 is 2.45 bits per heavy atom. The van der Waals surface area contributed by atoms with Crippen LogP contribution in [-0.2, 0) is 16.1 Å². The predicted octanol–water partition coefficient (Wildman–Crippen LogP) is 4.02. The van der Waals surface area contributed by atoms with Crippen LogP contribution in [-0.4, -0.2) is 46.2 Å². The number of aromatic nitrogens is 1. The number of carbonyl (C=O) groups excluding carboxylic acids is 3. The highest BCUT2D eigenvalue weighted by atomic mass is 16.2. The summed E-state index contributed by atoms with van der Waals surface area (Å²) in [5.41, 5.74) is 1.29. The van der Waals surface area contributed by atoms with Crippen molar-refractivity contribution in [1.29, 1.82) is 0 Å². The van der Waals surface area contributed by atoms with Crippen molar-refractivity contribution in [2.24, 2.45) is 11.3 Å². The zero-order valence-corrected chi connectivity index (χ0v) is 19.4. The molecule has 1 N–H and O–H groups in total. The van der Waals surface area contributed by atoms with Crippen molar-refractivity contribution >= 4 is 28.5 Å². The molecular formula is C25H35N3O3. The Hall–Kier alpha value is -2.63. The molecule has 1 heterocycles. The van der Waals surface area contributed by atoms with Crippen molar-refractivity contribution in [3.8, 4) is 0 Å². The van der Waals surface area contributed by atoms with Gasteiger partial charge in [0.25, 0.3) is 11.7 Å². The van der Waals surface area contributed by atoms with Crippen LogP contribution in [0.4, 0.5) is 0 Å². The van der Waals surface area contributed by atoms with Gasteiger partial charge in [-0.25, -0.2) is 0 Å². The van der Waals surface area contributed by atoms with Gasteiger partial charge in [0.05, 0.1) is 5.56 Å². The average Bonchev–Trinajstić information content (AvgIpc) is 3.05. The average molecular weight is 426 g/mol. The van der Waals surface area contributed by atoms with Crippen molar-refractivity contribution in [2.75, 3.05) is 13.1 Å². The molecule has 168 valence electrons. The van der Waals surface area contributed by atoms with E-state index in [1.165, 1.54) is 0 Å². The third-order valence-electron chi connectivity index (χ3n) is 6.38. The number of amides is 2. The molecule has 2 atom stereocenters. The fourth-order valence-corrected chi connectivity index (χ4v) is 5.21. The lowest BCUT2D eigenvalue weighted by atomic mass is 9.70. The summed E-state index contributed by atoms with van der Waals surface area (Å²) in [6.45, 7) is 11.9. The number of likely N-dealkylation sites (N-methyl/N-ethyl adjacent to an activating group) is 1. The minimum atomic E-state index is -0.562. The topological polar surface area (TPSA) is 71.4 Å². The van der Waals surface area contributed by atoms with Gasteiger partial charge >= 0.3 is 0 Å². The first-order chi connectivity index (χ1) is 14.6. The van der Waals surface area contributed by atoms with E-state index in [1.807, 2.05) is 38.1 Å². The maximum absolute atomic E-state index is 13.1. The summed E-state index contributed by atoms with van der Waals surface area (Å²) in [6.07, 6.45) is 4.54. The van der Waals surface area contributed by atoms with Gasteiger partial charge in [-0.1, -0.05) is 39.0 Å². The van der Waals surface area contributed by atoms with Crippen LogP contribution in [0.25, 0.3) is 10.9 Å². The van der Waals surface area contributed by atoms with E-state index in [9.17, 15) is 14.4 Å². The molecule has 1 fully saturated rings. The summed E-state index contributed by atoms with van der Waals surface area (Å²) in [6, 6.07) is 7.44. The first kappa shape index (κ1) is 23.0. The summed E-state index contributed by atoms with van der Waals surface area (Å²) in [7, 11) is 0. The SMILES string of the molecule is CCN(CC)C(=O)Cn1cc(C(=O)C(=O)NC2CC(C)CC(C)(C)C2)c2ccccc21. The molecule has 2 unspecified atom stereocenters. The molecule has 31 heavy (non-hydrogen) atoms. The fourth-order valence-electron chi connectivity index (χ4n) is 5.21. The van der Waals surface area contributed by atoms with Crippen molar-refractivity contribution in [1.82, 2.24) is 14.8 Å². The van der Waals surface area contributed by atoms with Gasteiger partial charge < -0.3 is 14.8 Å². The number of carbonyl (C=O) groups is 3. The highest BCUT2D eigenvalue weighted by Gasteiger charge is 2.34. The van der Waals surface area contributed by atoms with E-state index in [-0.39, 0.29) is 23.9 Å². The lowest BCUT2D eigenvalue weighted by Gasteiger charge is -2.39. The lowest BCUT2D eigenvalue weighted by Crippen LogP contribution is -2.45. The van der Waals surface area contributed by atoms with Gasteiger partial charge in [0.15, 0.2) is 0 Å². The number of benzene rings is 1. The quantitative estimate of drug-likeness (QED) is 0.538. The number of fused-ring (bicyclic) bond motifs is 1. The minimum Gasteiger partial charge on any atom is -0.346 e. The van der Waals surface area contributed by atoms with Crippen LogP contribution in [0, 0.1) is 11.3 Å². The van der Waals surface area contributed by atoms with Crippen LogP contribution in [0.2, 0.25) is 0 Å². The van der Waals surface area contributed by atoms with Crippen LogP contribution in [0.1, 0.15) is 64.2 Å². The van der Waals surface area contributed by atoms with Gasteiger partial charge in [-0.2, -0.15) is 0 Å². The van der Waals surface area contributed by atoms with Crippen molar-refractivity contribution < 1.29 is 14.4 Å². The number of nitrogens with one attached hydrogen (secondary N) is 1. The molecule has 1 aliphatic rings. The summed E-state index contributed by atoms with van der Waals surface area (Å²) in [5.74, 6) is -0.598. The molecule has 0 aliphatic heterocycles. The lowest BCUT2D eigenvalue weighted by molar-refractivity contribution is -0.131. The molecule has 1 saturated carbocycles. The van der Waals surface area contributed by atoms with E-state index >= 15 is 0 Å². The van der Waals surface area contributed by atoms with Crippen molar-refractivity contribution in [3.63, 3.8) is 0 Å². The minimum absolute atomic E-state index is 0.00683. The van der Waals surface area contributed by atoms with Gasteiger partial charge in [-0.15, -0.1) is 0 Å². The van der Waals surface area contributed by atoms with Gasteiger partial charge in [0.1, 0.15) is 6.54 Å². The van der Waals surface area contributed by atoms with Crippen LogP contribution >= 0.6 is 0 Å². The summed E-state index contributed by atoms with van der Waals surface area (Å²) in [4.78, 5) is 40.3. The molecule has 6 heteroatoms. The van der Waals surface area contributed by atoms with Crippen LogP contribution in [0.15, 0.2) is 30.5 Å². The highest BCUT2D eigenvalue weighted by molar-refractivity contribution is 6.45. The second-order valence-electron chi connectivity index (χ2n) is 9.67. The summed E-state index contributed by atoms with van der Waals surface area (Å²) < 4.78 is 1.78.